The van der Waals surface area contributed by atoms with Gasteiger partial charge in [0.2, 0.25) is 5.88 Å². The van der Waals surface area contributed by atoms with E-state index in [4.69, 9.17) is 15.3 Å². The minimum Gasteiger partial charge on any atom is -0.503 e. The molecule has 1 heterocycles. The van der Waals surface area contributed by atoms with Crippen molar-refractivity contribution >= 4 is 0 Å². The summed E-state index contributed by atoms with van der Waals surface area (Å²) in [4.78, 5) is 3.13. The van der Waals surface area contributed by atoms with Gasteiger partial charge in [-0.05, 0) is 6.07 Å². The van der Waals surface area contributed by atoms with Gasteiger partial charge in [0.1, 0.15) is 0 Å². The van der Waals surface area contributed by atoms with E-state index in [1.807, 2.05) is 0 Å². The van der Waals surface area contributed by atoms with Crippen LogP contribution in [0.4, 0.5) is 0 Å². The van der Waals surface area contributed by atoms with Crippen LogP contribution in [0.15, 0.2) is 12.1 Å². The molecule has 1 aromatic heterocycles. The Balaban J connectivity index is 3.17. The summed E-state index contributed by atoms with van der Waals surface area (Å²) >= 11 is 0. The van der Waals surface area contributed by atoms with Crippen LogP contribution in [-0.4, -0.2) is 20.3 Å². The van der Waals surface area contributed by atoms with Gasteiger partial charge >= 0.3 is 0 Å². The van der Waals surface area contributed by atoms with E-state index in [0.717, 1.165) is 6.07 Å². The molecular weight excluding hydrogens is 122 g/mol. The monoisotopic (exact) mass is 127 g/mol. The highest BCUT2D eigenvalue weighted by atomic mass is 16.3. The minimum absolute atomic E-state index is 0.315. The van der Waals surface area contributed by atoms with Crippen molar-refractivity contribution in [3.05, 3.63) is 12.1 Å². The van der Waals surface area contributed by atoms with Crippen LogP contribution in [0.5, 0.6) is 17.5 Å². The normalized spacial score (nSPS) is 9.33. The van der Waals surface area contributed by atoms with Gasteiger partial charge in [-0.25, -0.2) is 0 Å². The van der Waals surface area contributed by atoms with Crippen LogP contribution in [0, 0.1) is 0 Å². The quantitative estimate of drug-likeness (QED) is 0.465. The molecule has 0 radical (unpaired) electrons. The molecule has 0 amide bonds. The number of rotatable bonds is 0. The van der Waals surface area contributed by atoms with E-state index in [0.29, 0.717) is 0 Å². The fourth-order valence-electron chi connectivity index (χ4n) is 0.431. The first-order chi connectivity index (χ1) is 4.20. The van der Waals surface area contributed by atoms with Gasteiger partial charge in [0.05, 0.1) is 0 Å². The van der Waals surface area contributed by atoms with Gasteiger partial charge in [-0.3, -0.25) is 0 Å². The Labute approximate surface area is 51.0 Å². The molecule has 0 saturated heterocycles. The van der Waals surface area contributed by atoms with Crippen molar-refractivity contribution in [2.75, 3.05) is 0 Å². The van der Waals surface area contributed by atoms with Gasteiger partial charge in [0, 0.05) is 6.07 Å². The van der Waals surface area contributed by atoms with E-state index < -0.39 is 5.88 Å². The van der Waals surface area contributed by atoms with E-state index in [9.17, 15) is 0 Å². The Morgan fingerprint density at radius 2 is 1.78 bits per heavy atom. The van der Waals surface area contributed by atoms with E-state index in [-0.39, 0.29) is 11.6 Å². The highest BCUT2D eigenvalue weighted by Gasteiger charge is 1.98. The molecule has 1 rings (SSSR count). The van der Waals surface area contributed by atoms with Crippen LogP contribution in [0.25, 0.3) is 0 Å². The van der Waals surface area contributed by atoms with Gasteiger partial charge in [-0.15, -0.1) is 0 Å². The van der Waals surface area contributed by atoms with Crippen LogP contribution in [0.1, 0.15) is 0 Å². The van der Waals surface area contributed by atoms with Gasteiger partial charge in [0.25, 0.3) is 5.88 Å². The standard InChI is InChI=1S/C5H5NO3/c7-3-1-2-4(8)6-5(3)9/h1-2,7H,(H2,6,8,9). The molecule has 9 heavy (non-hydrogen) atoms. The highest BCUT2D eigenvalue weighted by Crippen LogP contribution is 2.22. The maximum absolute atomic E-state index is 8.62. The molecular formula is C5H5NO3. The average Bonchev–Trinajstić information content (AvgIpc) is 1.80. The van der Waals surface area contributed by atoms with Crippen molar-refractivity contribution < 1.29 is 15.3 Å². The Kier molecular flexibility index (Phi) is 1.14. The van der Waals surface area contributed by atoms with Crippen molar-refractivity contribution in [3.8, 4) is 17.5 Å². The summed E-state index contributed by atoms with van der Waals surface area (Å²) in [5.74, 6) is -1.21. The lowest BCUT2D eigenvalue weighted by atomic mass is 10.4. The molecule has 0 saturated carbocycles. The van der Waals surface area contributed by atoms with Crippen LogP contribution in [0.3, 0.4) is 0 Å². The summed E-state index contributed by atoms with van der Waals surface area (Å²) in [5, 5.41) is 25.8. The van der Waals surface area contributed by atoms with E-state index in [1.54, 1.807) is 0 Å². The summed E-state index contributed by atoms with van der Waals surface area (Å²) < 4.78 is 0. The summed E-state index contributed by atoms with van der Waals surface area (Å²) in [6, 6.07) is 2.33. The lowest BCUT2D eigenvalue weighted by Crippen LogP contribution is -1.74. The molecule has 0 unspecified atom stereocenters. The van der Waals surface area contributed by atoms with E-state index >= 15 is 0 Å². The topological polar surface area (TPSA) is 73.6 Å². The number of hydrogen-bond acceptors (Lipinski definition) is 4. The molecule has 0 aliphatic rings. The SMILES string of the molecule is Oc1ccc(O)c(O)n1. The first kappa shape index (κ1) is 5.68. The van der Waals surface area contributed by atoms with Crippen molar-refractivity contribution in [1.29, 1.82) is 0 Å². The van der Waals surface area contributed by atoms with Crippen LogP contribution >= 0.6 is 0 Å². The molecule has 0 fully saturated rings. The lowest BCUT2D eigenvalue weighted by Gasteiger charge is -1.93. The van der Waals surface area contributed by atoms with Crippen molar-refractivity contribution in [2.45, 2.75) is 0 Å². The molecule has 1 aromatic rings. The third-order valence-corrected chi connectivity index (χ3v) is 0.840. The number of hydrogen-bond donors (Lipinski definition) is 3. The Bertz CT molecular complexity index is 223. The number of aromatic hydroxyl groups is 3. The Morgan fingerprint density at radius 1 is 1.11 bits per heavy atom. The average molecular weight is 127 g/mol. The zero-order valence-corrected chi connectivity index (χ0v) is 4.44. The van der Waals surface area contributed by atoms with E-state index in [1.165, 1.54) is 6.07 Å². The van der Waals surface area contributed by atoms with Gasteiger partial charge in [-0.1, -0.05) is 0 Å². The molecule has 0 atom stereocenters. The second-order valence-electron chi connectivity index (χ2n) is 1.51. The zero-order chi connectivity index (χ0) is 6.85. The molecule has 48 valence electrons. The predicted octanol–water partition coefficient (Wildman–Crippen LogP) is 0.198. The zero-order valence-electron chi connectivity index (χ0n) is 4.44. The fourth-order valence-corrected chi connectivity index (χ4v) is 0.431. The van der Waals surface area contributed by atoms with Gasteiger partial charge in [0.15, 0.2) is 5.75 Å². The molecule has 0 spiro atoms. The van der Waals surface area contributed by atoms with Crippen molar-refractivity contribution in [3.63, 3.8) is 0 Å². The van der Waals surface area contributed by atoms with Crippen LogP contribution < -0.4 is 0 Å². The van der Waals surface area contributed by atoms with Crippen LogP contribution in [-0.2, 0) is 0 Å². The van der Waals surface area contributed by atoms with Crippen molar-refractivity contribution in [2.24, 2.45) is 0 Å². The summed E-state index contributed by atoms with van der Waals surface area (Å²) in [6.45, 7) is 0. The van der Waals surface area contributed by atoms with Gasteiger partial charge < -0.3 is 15.3 Å². The summed E-state index contributed by atoms with van der Waals surface area (Å²) in [7, 11) is 0. The predicted molar refractivity (Wildman–Crippen MR) is 29.2 cm³/mol. The van der Waals surface area contributed by atoms with Crippen LogP contribution in [0.2, 0.25) is 0 Å². The summed E-state index contributed by atoms with van der Waals surface area (Å²) in [5.41, 5.74) is 0. The minimum atomic E-state index is -0.560. The number of pyridine rings is 1. The second-order valence-corrected chi connectivity index (χ2v) is 1.51. The maximum Gasteiger partial charge on any atom is 0.257 e. The molecule has 3 N–H and O–H groups in total. The molecule has 0 bridgehead atoms. The third-order valence-electron chi connectivity index (χ3n) is 0.840. The number of aromatic nitrogens is 1. The maximum atomic E-state index is 8.62. The molecule has 0 aliphatic carbocycles. The van der Waals surface area contributed by atoms with E-state index in [2.05, 4.69) is 4.98 Å². The fraction of sp³-hybridized carbons (Fsp3) is 0. The number of nitrogens with zero attached hydrogens (tertiary/aromatic N) is 1. The smallest absolute Gasteiger partial charge is 0.257 e. The Morgan fingerprint density at radius 3 is 2.22 bits per heavy atom. The lowest BCUT2D eigenvalue weighted by molar-refractivity contribution is 0.371. The molecule has 0 aliphatic heterocycles. The largest absolute Gasteiger partial charge is 0.503 e. The second kappa shape index (κ2) is 1.81. The summed E-state index contributed by atoms with van der Waals surface area (Å²) in [6.07, 6.45) is 0. The van der Waals surface area contributed by atoms with Crippen molar-refractivity contribution in [1.82, 2.24) is 4.98 Å². The Hall–Kier alpha value is -1.45. The molecule has 4 nitrogen and oxygen atoms in total. The molecule has 0 aromatic carbocycles. The third kappa shape index (κ3) is 1.02. The highest BCUT2D eigenvalue weighted by molar-refractivity contribution is 5.33. The van der Waals surface area contributed by atoms with Gasteiger partial charge in [-0.2, -0.15) is 4.98 Å². The first-order valence-corrected chi connectivity index (χ1v) is 2.28. The first-order valence-electron chi connectivity index (χ1n) is 2.28. The molecule has 4 heteroatoms.